The lowest BCUT2D eigenvalue weighted by Crippen LogP contribution is -2.31. The highest BCUT2D eigenvalue weighted by Crippen LogP contribution is 2.38. The zero-order valence-electron chi connectivity index (χ0n) is 8.09. The number of rotatable bonds is 0. The van der Waals surface area contributed by atoms with Gasteiger partial charge in [0.05, 0.1) is 0 Å². The largest absolute Gasteiger partial charge is 0.451 e. The van der Waals surface area contributed by atoms with Crippen LogP contribution in [0.4, 0.5) is 0 Å². The van der Waals surface area contributed by atoms with Crippen LogP contribution in [0.3, 0.4) is 0 Å². The van der Waals surface area contributed by atoms with E-state index in [4.69, 9.17) is 4.74 Å². The van der Waals surface area contributed by atoms with Crippen molar-refractivity contribution < 1.29 is 9.53 Å². The van der Waals surface area contributed by atoms with Gasteiger partial charge < -0.3 is 4.74 Å². The molecular formula is C11H14O2. The van der Waals surface area contributed by atoms with Gasteiger partial charge in [-0.2, -0.15) is 0 Å². The smallest absolute Gasteiger partial charge is 0.331 e. The monoisotopic (exact) mass is 178 g/mol. The Morgan fingerprint density at radius 1 is 1.38 bits per heavy atom. The van der Waals surface area contributed by atoms with Crippen molar-refractivity contribution in [2.24, 2.45) is 0 Å². The zero-order chi connectivity index (χ0) is 9.47. The van der Waals surface area contributed by atoms with Gasteiger partial charge in [0, 0.05) is 12.5 Å². The number of esters is 1. The van der Waals surface area contributed by atoms with Crippen molar-refractivity contribution >= 4 is 5.97 Å². The molecule has 1 aliphatic heterocycles. The highest BCUT2D eigenvalue weighted by molar-refractivity contribution is 5.85. The van der Waals surface area contributed by atoms with Crippen LogP contribution < -0.4 is 0 Å². The van der Waals surface area contributed by atoms with Gasteiger partial charge >= 0.3 is 5.97 Å². The molecule has 2 heteroatoms. The lowest BCUT2D eigenvalue weighted by Gasteiger charge is -2.32. The summed E-state index contributed by atoms with van der Waals surface area (Å²) < 4.78 is 5.32. The number of hydrogen-bond acceptors (Lipinski definition) is 2. The van der Waals surface area contributed by atoms with Crippen LogP contribution in [-0.4, -0.2) is 11.6 Å². The van der Waals surface area contributed by atoms with Crippen molar-refractivity contribution in [3.8, 4) is 0 Å². The Hall–Kier alpha value is -1.05. The minimum Gasteiger partial charge on any atom is -0.451 e. The highest BCUT2D eigenvalue weighted by atomic mass is 16.6. The Bertz CT molecular complexity index is 312. The molecule has 0 fully saturated rings. The van der Waals surface area contributed by atoms with Crippen LogP contribution in [0.25, 0.3) is 0 Å². The van der Waals surface area contributed by atoms with Crippen molar-refractivity contribution in [3.05, 3.63) is 23.3 Å². The molecule has 0 radical (unpaired) electrons. The second kappa shape index (κ2) is 2.72. The van der Waals surface area contributed by atoms with Gasteiger partial charge in [-0.3, -0.25) is 0 Å². The fraction of sp³-hybridized carbons (Fsp3) is 0.545. The summed E-state index contributed by atoms with van der Waals surface area (Å²) in [7, 11) is 0. The quantitative estimate of drug-likeness (QED) is 0.420. The van der Waals surface area contributed by atoms with E-state index in [1.165, 1.54) is 11.1 Å². The van der Waals surface area contributed by atoms with E-state index in [9.17, 15) is 4.79 Å². The summed E-state index contributed by atoms with van der Waals surface area (Å²) in [5.74, 6) is -0.188. The van der Waals surface area contributed by atoms with E-state index in [1.807, 2.05) is 6.08 Å². The summed E-state index contributed by atoms with van der Waals surface area (Å²) in [5.41, 5.74) is 2.52. The summed E-state index contributed by atoms with van der Waals surface area (Å²) >= 11 is 0. The predicted molar refractivity (Wildman–Crippen MR) is 50.2 cm³/mol. The average molecular weight is 178 g/mol. The van der Waals surface area contributed by atoms with Crippen LogP contribution in [0.2, 0.25) is 0 Å². The summed E-state index contributed by atoms with van der Waals surface area (Å²) in [6.07, 6.45) is 6.34. The van der Waals surface area contributed by atoms with E-state index in [1.54, 1.807) is 6.08 Å². The van der Waals surface area contributed by atoms with Gasteiger partial charge in [0.25, 0.3) is 0 Å². The number of allylic oxidation sites excluding steroid dienone is 1. The fourth-order valence-corrected chi connectivity index (χ4v) is 2.02. The maximum atomic E-state index is 11.0. The molecule has 0 aromatic carbocycles. The van der Waals surface area contributed by atoms with Crippen LogP contribution in [0.1, 0.15) is 33.1 Å². The molecule has 0 saturated carbocycles. The molecule has 0 amide bonds. The van der Waals surface area contributed by atoms with E-state index in [0.717, 1.165) is 19.3 Å². The molecular weight excluding hydrogens is 164 g/mol. The predicted octanol–water partition coefficient (Wildman–Crippen LogP) is 2.36. The summed E-state index contributed by atoms with van der Waals surface area (Å²) in [6.45, 7) is 4.28. The fourth-order valence-electron chi connectivity index (χ4n) is 2.02. The number of carbonyl (C=O) groups excluding carboxylic acids is 1. The molecule has 2 nitrogen and oxygen atoms in total. The third-order valence-electron chi connectivity index (χ3n) is 3.04. The molecule has 1 spiro atoms. The van der Waals surface area contributed by atoms with Crippen LogP contribution in [-0.2, 0) is 9.53 Å². The number of ether oxygens (including phenoxy) is 1. The molecule has 13 heavy (non-hydrogen) atoms. The first-order valence-electron chi connectivity index (χ1n) is 4.69. The van der Waals surface area contributed by atoms with Gasteiger partial charge in [-0.1, -0.05) is 11.1 Å². The first-order valence-corrected chi connectivity index (χ1v) is 4.69. The first kappa shape index (κ1) is 8.54. The van der Waals surface area contributed by atoms with Gasteiger partial charge in [0.15, 0.2) is 0 Å². The minimum atomic E-state index is -0.291. The molecule has 0 aromatic rings. The second-order valence-corrected chi connectivity index (χ2v) is 4.06. The molecule has 1 aliphatic carbocycles. The number of hydrogen-bond donors (Lipinski definition) is 0. The standard InChI is InChI=1S/C11H14O2/c1-8-3-5-11(7-9(8)2)6-4-10(12)13-11/h4,6H,3,5,7H2,1-2H3. The summed E-state index contributed by atoms with van der Waals surface area (Å²) in [4.78, 5) is 11.0. The maximum Gasteiger partial charge on any atom is 0.331 e. The molecule has 0 aromatic heterocycles. The second-order valence-electron chi connectivity index (χ2n) is 4.06. The van der Waals surface area contributed by atoms with Crippen molar-refractivity contribution in [1.29, 1.82) is 0 Å². The van der Waals surface area contributed by atoms with E-state index in [2.05, 4.69) is 13.8 Å². The number of carbonyl (C=O) groups is 1. The maximum absolute atomic E-state index is 11.0. The third-order valence-corrected chi connectivity index (χ3v) is 3.04. The van der Waals surface area contributed by atoms with Gasteiger partial charge in [-0.15, -0.1) is 0 Å². The van der Waals surface area contributed by atoms with E-state index in [0.29, 0.717) is 0 Å². The SMILES string of the molecule is CC1=C(C)CC2(C=CC(=O)O2)CC1. The van der Waals surface area contributed by atoms with Crippen molar-refractivity contribution in [2.45, 2.75) is 38.7 Å². The first-order chi connectivity index (χ1) is 6.11. The van der Waals surface area contributed by atoms with Gasteiger partial charge in [0.1, 0.15) is 5.60 Å². The Kier molecular flexibility index (Phi) is 1.79. The molecule has 0 N–H and O–H groups in total. The van der Waals surface area contributed by atoms with Gasteiger partial charge in [0.2, 0.25) is 0 Å². The molecule has 70 valence electrons. The summed E-state index contributed by atoms with van der Waals surface area (Å²) in [6, 6.07) is 0. The Labute approximate surface area is 78.3 Å². The third kappa shape index (κ3) is 1.41. The van der Waals surface area contributed by atoms with E-state index < -0.39 is 0 Å². The van der Waals surface area contributed by atoms with Crippen LogP contribution >= 0.6 is 0 Å². The molecule has 1 unspecified atom stereocenters. The van der Waals surface area contributed by atoms with Crippen LogP contribution in [0.5, 0.6) is 0 Å². The van der Waals surface area contributed by atoms with Crippen molar-refractivity contribution in [1.82, 2.24) is 0 Å². The zero-order valence-corrected chi connectivity index (χ0v) is 8.09. The minimum absolute atomic E-state index is 0.188. The highest BCUT2D eigenvalue weighted by Gasteiger charge is 2.37. The van der Waals surface area contributed by atoms with Gasteiger partial charge in [-0.05, 0) is 32.8 Å². The summed E-state index contributed by atoms with van der Waals surface area (Å²) in [5, 5.41) is 0. The molecule has 0 bridgehead atoms. The van der Waals surface area contributed by atoms with E-state index in [-0.39, 0.29) is 11.6 Å². The molecule has 1 atom stereocenters. The average Bonchev–Trinajstić information content (AvgIpc) is 2.42. The van der Waals surface area contributed by atoms with Crippen LogP contribution in [0, 0.1) is 0 Å². The normalized spacial score (nSPS) is 32.9. The molecule has 1 heterocycles. The Morgan fingerprint density at radius 2 is 2.15 bits per heavy atom. The van der Waals surface area contributed by atoms with Crippen molar-refractivity contribution in [3.63, 3.8) is 0 Å². The molecule has 2 aliphatic rings. The van der Waals surface area contributed by atoms with Crippen LogP contribution in [0.15, 0.2) is 23.3 Å². The van der Waals surface area contributed by atoms with E-state index >= 15 is 0 Å². The molecule has 0 saturated heterocycles. The molecule has 2 rings (SSSR count). The lowest BCUT2D eigenvalue weighted by molar-refractivity contribution is -0.146. The topological polar surface area (TPSA) is 26.3 Å². The Morgan fingerprint density at radius 3 is 2.69 bits per heavy atom. The van der Waals surface area contributed by atoms with Crippen molar-refractivity contribution in [2.75, 3.05) is 0 Å². The lowest BCUT2D eigenvalue weighted by atomic mass is 9.82. The Balaban J connectivity index is 2.22. The van der Waals surface area contributed by atoms with Gasteiger partial charge in [-0.25, -0.2) is 4.79 Å².